The Hall–Kier alpha value is -2.44. The van der Waals surface area contributed by atoms with Crippen molar-refractivity contribution in [1.82, 2.24) is 24.9 Å². The molecule has 1 atom stereocenters. The van der Waals surface area contributed by atoms with Crippen LogP contribution in [0.4, 0.5) is 0 Å². The lowest BCUT2D eigenvalue weighted by molar-refractivity contribution is -0.122. The Balaban J connectivity index is 2.26. The minimum Gasteiger partial charge on any atom is -0.352 e. The summed E-state index contributed by atoms with van der Waals surface area (Å²) in [6, 6.07) is 5.00. The van der Waals surface area contributed by atoms with Gasteiger partial charge in [-0.05, 0) is 39.3 Å². The molecule has 7 nitrogen and oxygen atoms in total. The van der Waals surface area contributed by atoms with Crippen molar-refractivity contribution in [2.45, 2.75) is 46.7 Å². The topological polar surface area (TPSA) is 81.8 Å². The van der Waals surface area contributed by atoms with E-state index in [9.17, 15) is 9.59 Å². The molecule has 2 rings (SSSR count). The van der Waals surface area contributed by atoms with Crippen molar-refractivity contribution in [2.24, 2.45) is 0 Å². The van der Waals surface area contributed by atoms with Crippen molar-refractivity contribution >= 4 is 5.91 Å². The number of aromatic nitrogens is 4. The van der Waals surface area contributed by atoms with Gasteiger partial charge < -0.3 is 5.32 Å². The van der Waals surface area contributed by atoms with Crippen LogP contribution in [0.2, 0.25) is 0 Å². The normalized spacial score (nSPS) is 12.2. The highest BCUT2D eigenvalue weighted by Gasteiger charge is 2.11. The van der Waals surface area contributed by atoms with Crippen LogP contribution >= 0.6 is 0 Å². The molecule has 118 valence electrons. The van der Waals surface area contributed by atoms with E-state index in [1.54, 1.807) is 10.7 Å². The summed E-state index contributed by atoms with van der Waals surface area (Å²) in [6.45, 7) is 7.60. The summed E-state index contributed by atoms with van der Waals surface area (Å²) in [5.74, 6) is 0.288. The van der Waals surface area contributed by atoms with Crippen LogP contribution in [-0.4, -0.2) is 31.5 Å². The molecule has 0 saturated carbocycles. The Bertz CT molecular complexity index is 732. The van der Waals surface area contributed by atoms with Gasteiger partial charge in [0.25, 0.3) is 5.56 Å². The average Bonchev–Trinajstić information content (AvgIpc) is 2.80. The summed E-state index contributed by atoms with van der Waals surface area (Å²) in [6.07, 6.45) is 0.833. The fourth-order valence-electron chi connectivity index (χ4n) is 2.08. The lowest BCUT2D eigenvalue weighted by Crippen LogP contribution is -2.38. The number of amides is 1. The molecule has 0 fully saturated rings. The Labute approximate surface area is 129 Å². The molecule has 0 aliphatic heterocycles. The first-order valence-electron chi connectivity index (χ1n) is 7.32. The molecule has 0 radical (unpaired) electrons. The molecule has 1 amide bonds. The second-order valence-corrected chi connectivity index (χ2v) is 5.40. The highest BCUT2D eigenvalue weighted by atomic mass is 16.2. The highest BCUT2D eigenvalue weighted by Crippen LogP contribution is 2.07. The van der Waals surface area contributed by atoms with Crippen molar-refractivity contribution in [3.8, 4) is 5.82 Å². The van der Waals surface area contributed by atoms with Crippen molar-refractivity contribution in [3.05, 3.63) is 39.9 Å². The molecule has 0 aromatic carbocycles. The van der Waals surface area contributed by atoms with Gasteiger partial charge in [-0.3, -0.25) is 9.59 Å². The van der Waals surface area contributed by atoms with Gasteiger partial charge in [0, 0.05) is 17.8 Å². The molecule has 0 saturated heterocycles. The van der Waals surface area contributed by atoms with Crippen LogP contribution in [-0.2, 0) is 11.3 Å². The molecule has 2 aromatic rings. The summed E-state index contributed by atoms with van der Waals surface area (Å²) < 4.78 is 2.81. The molecule has 2 heterocycles. The van der Waals surface area contributed by atoms with Gasteiger partial charge in [-0.15, -0.1) is 5.10 Å². The maximum absolute atomic E-state index is 11.9. The number of aryl methyl sites for hydroxylation is 2. The molecule has 0 aliphatic rings. The van der Waals surface area contributed by atoms with Gasteiger partial charge in [0.15, 0.2) is 5.82 Å². The largest absolute Gasteiger partial charge is 0.352 e. The fourth-order valence-corrected chi connectivity index (χ4v) is 2.08. The summed E-state index contributed by atoms with van der Waals surface area (Å²) >= 11 is 0. The third-order valence-electron chi connectivity index (χ3n) is 3.39. The quantitative estimate of drug-likeness (QED) is 0.892. The van der Waals surface area contributed by atoms with Gasteiger partial charge >= 0.3 is 0 Å². The lowest BCUT2D eigenvalue weighted by Gasteiger charge is -2.12. The van der Waals surface area contributed by atoms with E-state index in [-0.39, 0.29) is 24.1 Å². The van der Waals surface area contributed by atoms with Gasteiger partial charge in [-0.2, -0.15) is 5.10 Å². The van der Waals surface area contributed by atoms with Gasteiger partial charge in [0.05, 0.1) is 5.69 Å². The van der Waals surface area contributed by atoms with Crippen molar-refractivity contribution in [1.29, 1.82) is 0 Å². The minimum atomic E-state index is -0.315. The van der Waals surface area contributed by atoms with Gasteiger partial charge in [0.1, 0.15) is 6.54 Å². The van der Waals surface area contributed by atoms with Crippen LogP contribution in [0.25, 0.3) is 5.82 Å². The number of rotatable bonds is 5. The zero-order chi connectivity index (χ0) is 16.3. The number of nitrogens with one attached hydrogen (secondary N) is 1. The third-order valence-corrected chi connectivity index (χ3v) is 3.39. The molecular weight excluding hydrogens is 282 g/mol. The van der Waals surface area contributed by atoms with E-state index in [2.05, 4.69) is 15.5 Å². The summed E-state index contributed by atoms with van der Waals surface area (Å²) in [5.41, 5.74) is 1.47. The Morgan fingerprint density at radius 2 is 2.05 bits per heavy atom. The first-order valence-corrected chi connectivity index (χ1v) is 7.32. The van der Waals surface area contributed by atoms with Crippen molar-refractivity contribution in [2.75, 3.05) is 0 Å². The van der Waals surface area contributed by atoms with E-state index in [0.29, 0.717) is 5.82 Å². The summed E-state index contributed by atoms with van der Waals surface area (Å²) in [7, 11) is 0. The maximum atomic E-state index is 11.9. The number of hydrogen-bond donors (Lipinski definition) is 1. The van der Waals surface area contributed by atoms with E-state index in [1.807, 2.05) is 33.8 Å². The number of carbonyl (C=O) groups excluding carboxylic acids is 1. The molecule has 1 unspecified atom stereocenters. The van der Waals surface area contributed by atoms with Crippen molar-refractivity contribution in [3.63, 3.8) is 0 Å². The molecule has 2 aromatic heterocycles. The van der Waals surface area contributed by atoms with Gasteiger partial charge in [0.2, 0.25) is 5.91 Å². The van der Waals surface area contributed by atoms with Crippen LogP contribution in [0.3, 0.4) is 0 Å². The first kappa shape index (κ1) is 15.9. The van der Waals surface area contributed by atoms with Crippen LogP contribution in [0.5, 0.6) is 0 Å². The summed E-state index contributed by atoms with van der Waals surface area (Å²) in [5, 5.41) is 11.4. The molecule has 0 spiro atoms. The van der Waals surface area contributed by atoms with E-state index >= 15 is 0 Å². The van der Waals surface area contributed by atoms with Crippen LogP contribution in [0.1, 0.15) is 31.7 Å². The summed E-state index contributed by atoms with van der Waals surface area (Å²) in [4.78, 5) is 23.8. The van der Waals surface area contributed by atoms with Gasteiger partial charge in [-0.1, -0.05) is 6.92 Å². The monoisotopic (exact) mass is 303 g/mol. The van der Waals surface area contributed by atoms with E-state index in [1.165, 1.54) is 6.07 Å². The van der Waals surface area contributed by atoms with E-state index in [0.717, 1.165) is 22.5 Å². The second-order valence-electron chi connectivity index (χ2n) is 5.40. The molecule has 1 N–H and O–H groups in total. The zero-order valence-electron chi connectivity index (χ0n) is 13.3. The highest BCUT2D eigenvalue weighted by molar-refractivity contribution is 5.75. The van der Waals surface area contributed by atoms with Gasteiger partial charge in [-0.25, -0.2) is 9.36 Å². The molecule has 0 bridgehead atoms. The SMILES string of the molecule is CCC(C)NC(=O)Cn1nc(-n2nc(C)cc2C)ccc1=O. The predicted molar refractivity (Wildman–Crippen MR) is 83.0 cm³/mol. The lowest BCUT2D eigenvalue weighted by atomic mass is 10.2. The van der Waals surface area contributed by atoms with E-state index in [4.69, 9.17) is 0 Å². The van der Waals surface area contributed by atoms with Crippen molar-refractivity contribution < 1.29 is 4.79 Å². The zero-order valence-corrected chi connectivity index (χ0v) is 13.3. The standard InChI is InChI=1S/C15H21N5O2/c1-5-10(2)16-14(21)9-19-15(22)7-6-13(18-19)20-12(4)8-11(3)17-20/h6-8,10H,5,9H2,1-4H3,(H,16,21). The smallest absolute Gasteiger partial charge is 0.267 e. The Kier molecular flexibility index (Phi) is 4.75. The fraction of sp³-hybridized carbons (Fsp3) is 0.467. The number of hydrogen-bond acceptors (Lipinski definition) is 4. The molecule has 7 heteroatoms. The van der Waals surface area contributed by atoms with Crippen LogP contribution in [0, 0.1) is 13.8 Å². The average molecular weight is 303 g/mol. The number of carbonyl (C=O) groups is 1. The number of nitrogens with zero attached hydrogens (tertiary/aromatic N) is 4. The van der Waals surface area contributed by atoms with Crippen LogP contribution < -0.4 is 10.9 Å². The predicted octanol–water partition coefficient (Wildman–Crippen LogP) is 0.961. The second kappa shape index (κ2) is 6.55. The maximum Gasteiger partial charge on any atom is 0.267 e. The first-order chi connectivity index (χ1) is 10.4. The molecular formula is C15H21N5O2. The Morgan fingerprint density at radius 1 is 1.32 bits per heavy atom. The molecule has 22 heavy (non-hydrogen) atoms. The molecule has 0 aliphatic carbocycles. The van der Waals surface area contributed by atoms with E-state index < -0.39 is 0 Å². The minimum absolute atomic E-state index is 0.0717. The van der Waals surface area contributed by atoms with Crippen LogP contribution in [0.15, 0.2) is 23.0 Å². The third kappa shape index (κ3) is 3.60. The Morgan fingerprint density at radius 3 is 2.64 bits per heavy atom.